The quantitative estimate of drug-likeness (QED) is 0.454. The van der Waals surface area contributed by atoms with E-state index in [1.54, 1.807) is 24.6 Å². The van der Waals surface area contributed by atoms with Gasteiger partial charge in [-0.05, 0) is 25.7 Å². The van der Waals surface area contributed by atoms with Gasteiger partial charge in [0.25, 0.3) is 0 Å². The smallest absolute Gasteiger partial charge is 0.0594 e. The van der Waals surface area contributed by atoms with Crippen molar-refractivity contribution in [2.24, 2.45) is 0 Å². The zero-order valence-corrected chi connectivity index (χ0v) is 15.2. The third-order valence-corrected chi connectivity index (χ3v) is 9.00. The molecule has 0 aliphatic rings. The molecule has 0 radical (unpaired) electrons. The molecule has 0 fully saturated rings. The molecule has 0 N–H and O–H groups in total. The summed E-state index contributed by atoms with van der Waals surface area (Å²) in [6.07, 6.45) is 17.9. The third kappa shape index (κ3) is 11.9. The van der Waals surface area contributed by atoms with E-state index in [9.17, 15) is 0 Å². The van der Waals surface area contributed by atoms with Crippen LogP contribution in [0.2, 0.25) is 0 Å². The summed E-state index contributed by atoms with van der Waals surface area (Å²) in [6, 6.07) is 0. The van der Waals surface area contributed by atoms with E-state index in [0.717, 1.165) is 7.11 Å². The first-order chi connectivity index (χ1) is 9.24. The molecule has 0 aromatic carbocycles. The Kier molecular flexibility index (Phi) is 18.8. The van der Waals surface area contributed by atoms with Gasteiger partial charge in [-0.3, -0.25) is 0 Å². The molecule has 0 aromatic rings. The van der Waals surface area contributed by atoms with Crippen molar-refractivity contribution in [2.75, 3.05) is 31.8 Å². The molecule has 0 spiro atoms. The summed E-state index contributed by atoms with van der Waals surface area (Å²) in [5.74, 6) is 0. The van der Waals surface area contributed by atoms with E-state index in [0.29, 0.717) is 0 Å². The van der Waals surface area contributed by atoms with Crippen molar-refractivity contribution in [1.82, 2.24) is 0 Å². The first-order valence-corrected chi connectivity index (χ1v) is 11.0. The Morgan fingerprint density at radius 3 is 0.895 bits per heavy atom. The molecule has 0 heterocycles. The molecule has 2 heteroatoms. The SMILES string of the molecule is CCCC[P+](CCCC)(CCCC)CCCC.C[O-]. The molecule has 0 aromatic heterocycles. The van der Waals surface area contributed by atoms with Crippen molar-refractivity contribution in [3.05, 3.63) is 0 Å². The fraction of sp³-hybridized carbons (Fsp3) is 1.00. The molecule has 0 amide bonds. The number of rotatable bonds is 12. The first kappa shape index (κ1) is 21.7. The summed E-state index contributed by atoms with van der Waals surface area (Å²) >= 11 is 0. The molecule has 1 nitrogen and oxygen atoms in total. The van der Waals surface area contributed by atoms with Gasteiger partial charge in [0.2, 0.25) is 0 Å². The van der Waals surface area contributed by atoms with Gasteiger partial charge in [-0.15, -0.1) is 0 Å². The molecule has 0 saturated carbocycles. The average molecular weight is 290 g/mol. The van der Waals surface area contributed by atoms with Gasteiger partial charge in [0.1, 0.15) is 0 Å². The fourth-order valence-corrected chi connectivity index (χ4v) is 7.93. The second kappa shape index (κ2) is 16.4. The molecule has 19 heavy (non-hydrogen) atoms. The van der Waals surface area contributed by atoms with Crippen LogP contribution in [-0.2, 0) is 0 Å². The largest absolute Gasteiger partial charge is 0.857 e. The van der Waals surface area contributed by atoms with Crippen molar-refractivity contribution < 1.29 is 5.11 Å². The van der Waals surface area contributed by atoms with E-state index in [1.807, 2.05) is 0 Å². The van der Waals surface area contributed by atoms with Gasteiger partial charge in [0.05, 0.1) is 24.6 Å². The van der Waals surface area contributed by atoms with Crippen molar-refractivity contribution >= 4 is 7.26 Å². The predicted molar refractivity (Wildman–Crippen MR) is 91.9 cm³/mol. The molecule has 118 valence electrons. The van der Waals surface area contributed by atoms with E-state index in [-0.39, 0.29) is 0 Å². The van der Waals surface area contributed by atoms with Gasteiger partial charge in [-0.25, -0.2) is 0 Å². The van der Waals surface area contributed by atoms with Crippen LogP contribution in [0.25, 0.3) is 0 Å². The lowest BCUT2D eigenvalue weighted by Gasteiger charge is -2.28. The summed E-state index contributed by atoms with van der Waals surface area (Å²) in [5.41, 5.74) is 0. The maximum absolute atomic E-state index is 8.25. The molecule has 0 unspecified atom stereocenters. The van der Waals surface area contributed by atoms with Crippen LogP contribution in [0.15, 0.2) is 0 Å². The Morgan fingerprint density at radius 2 is 0.737 bits per heavy atom. The van der Waals surface area contributed by atoms with E-state index in [1.165, 1.54) is 51.4 Å². The summed E-state index contributed by atoms with van der Waals surface area (Å²) in [4.78, 5) is 0. The van der Waals surface area contributed by atoms with Crippen LogP contribution in [0.1, 0.15) is 79.1 Å². The minimum atomic E-state index is -0.562. The lowest BCUT2D eigenvalue weighted by molar-refractivity contribution is -0.325. The predicted octanol–water partition coefficient (Wildman–Crippen LogP) is 5.18. The topological polar surface area (TPSA) is 23.1 Å². The van der Waals surface area contributed by atoms with E-state index in [4.69, 9.17) is 5.11 Å². The van der Waals surface area contributed by atoms with Crippen molar-refractivity contribution in [1.29, 1.82) is 0 Å². The van der Waals surface area contributed by atoms with Gasteiger partial charge in [0.15, 0.2) is 0 Å². The highest BCUT2D eigenvalue weighted by molar-refractivity contribution is 7.75. The van der Waals surface area contributed by atoms with Crippen LogP contribution in [0.5, 0.6) is 0 Å². The zero-order valence-electron chi connectivity index (χ0n) is 14.3. The monoisotopic (exact) mass is 290 g/mol. The molecular formula is C17H39OP. The summed E-state index contributed by atoms with van der Waals surface area (Å²) in [7, 11) is 0.188. The van der Waals surface area contributed by atoms with Crippen LogP contribution < -0.4 is 5.11 Å². The molecule has 0 atom stereocenters. The average Bonchev–Trinajstić information content (AvgIpc) is 2.48. The van der Waals surface area contributed by atoms with Crippen LogP contribution in [0.3, 0.4) is 0 Å². The minimum Gasteiger partial charge on any atom is -0.857 e. The van der Waals surface area contributed by atoms with Gasteiger partial charge < -0.3 is 5.11 Å². The zero-order chi connectivity index (χ0) is 15.0. The summed E-state index contributed by atoms with van der Waals surface area (Å²) in [5, 5.41) is 8.25. The molecule has 0 aliphatic carbocycles. The number of hydrogen-bond acceptors (Lipinski definition) is 1. The Balaban J connectivity index is 0. The summed E-state index contributed by atoms with van der Waals surface area (Å²) in [6.45, 7) is 9.42. The Morgan fingerprint density at radius 1 is 0.526 bits per heavy atom. The molecule has 0 bridgehead atoms. The van der Waals surface area contributed by atoms with Crippen LogP contribution in [-0.4, -0.2) is 31.8 Å². The first-order valence-electron chi connectivity index (χ1n) is 8.50. The van der Waals surface area contributed by atoms with Gasteiger partial charge in [-0.1, -0.05) is 53.4 Å². The Bertz CT molecular complexity index is 122. The maximum atomic E-state index is 8.25. The van der Waals surface area contributed by atoms with Crippen molar-refractivity contribution in [3.63, 3.8) is 0 Å². The maximum Gasteiger partial charge on any atom is 0.0594 e. The lowest BCUT2D eigenvalue weighted by atomic mass is 10.4. The van der Waals surface area contributed by atoms with Crippen molar-refractivity contribution in [2.45, 2.75) is 79.1 Å². The molecule has 0 rings (SSSR count). The molecule has 0 saturated heterocycles. The standard InChI is InChI=1S/C16H36P.CH3O/c1-5-9-13-17(14-10-6-2,15-11-7-3)16-12-8-4;1-2/h5-16H2,1-4H3;1H3/q+1;-1. The van der Waals surface area contributed by atoms with E-state index < -0.39 is 7.26 Å². The Hall–Kier alpha value is 0.390. The van der Waals surface area contributed by atoms with Gasteiger partial charge in [-0.2, -0.15) is 7.11 Å². The Labute approximate surface area is 123 Å². The second-order valence-corrected chi connectivity index (χ2v) is 10.1. The summed E-state index contributed by atoms with van der Waals surface area (Å²) < 4.78 is 0. The van der Waals surface area contributed by atoms with E-state index >= 15 is 0 Å². The highest BCUT2D eigenvalue weighted by Crippen LogP contribution is 2.61. The third-order valence-electron chi connectivity index (χ3n) is 3.94. The molecule has 0 aliphatic heterocycles. The normalized spacial score (nSPS) is 11.1. The van der Waals surface area contributed by atoms with Gasteiger partial charge >= 0.3 is 0 Å². The minimum absolute atomic E-state index is 0.562. The van der Waals surface area contributed by atoms with Crippen molar-refractivity contribution in [3.8, 4) is 0 Å². The highest BCUT2D eigenvalue weighted by Gasteiger charge is 2.34. The fourth-order valence-electron chi connectivity index (χ4n) is 2.64. The van der Waals surface area contributed by atoms with E-state index in [2.05, 4.69) is 27.7 Å². The van der Waals surface area contributed by atoms with Gasteiger partial charge in [0, 0.05) is 7.26 Å². The van der Waals surface area contributed by atoms with Crippen LogP contribution in [0, 0.1) is 0 Å². The van der Waals surface area contributed by atoms with Crippen LogP contribution in [0.4, 0.5) is 0 Å². The number of hydrogen-bond donors (Lipinski definition) is 0. The second-order valence-electron chi connectivity index (χ2n) is 5.65. The highest BCUT2D eigenvalue weighted by atomic mass is 31.2. The molecular weight excluding hydrogens is 251 g/mol. The van der Waals surface area contributed by atoms with Crippen LogP contribution >= 0.6 is 7.26 Å². The lowest BCUT2D eigenvalue weighted by Crippen LogP contribution is -2.12. The number of unbranched alkanes of at least 4 members (excludes halogenated alkanes) is 4.